The lowest BCUT2D eigenvalue weighted by molar-refractivity contribution is 0.0747. The molecule has 0 aliphatic carbocycles. The number of carbonyl (C=O) groups excluding carboxylic acids is 1. The highest BCUT2D eigenvalue weighted by molar-refractivity contribution is 6.00. The van der Waals surface area contributed by atoms with E-state index in [1.807, 2.05) is 70.4 Å². The minimum absolute atomic E-state index is 0.0299. The molecule has 0 spiro atoms. The number of aromatic nitrogens is 2. The molecule has 0 saturated carbocycles. The van der Waals surface area contributed by atoms with Gasteiger partial charge in [-0.3, -0.25) is 9.48 Å². The van der Waals surface area contributed by atoms with Gasteiger partial charge in [-0.25, -0.2) is 0 Å². The van der Waals surface area contributed by atoms with Gasteiger partial charge in [0.2, 0.25) is 0 Å². The summed E-state index contributed by atoms with van der Waals surface area (Å²) in [6, 6.07) is 25.0. The van der Waals surface area contributed by atoms with Crippen LogP contribution in [0.25, 0.3) is 11.3 Å². The third-order valence-electron chi connectivity index (χ3n) is 6.28. The Hall–Kier alpha value is -4.26. The van der Waals surface area contributed by atoms with E-state index in [1.54, 1.807) is 19.2 Å². The van der Waals surface area contributed by atoms with Crippen molar-refractivity contribution < 1.29 is 14.6 Å². The lowest BCUT2D eigenvalue weighted by atomic mass is 10.1. The molecule has 35 heavy (non-hydrogen) atoms. The average Bonchev–Trinajstić information content (AvgIpc) is 3.32. The van der Waals surface area contributed by atoms with Crippen LogP contribution in [0, 0.1) is 0 Å². The number of benzene rings is 3. The van der Waals surface area contributed by atoms with E-state index in [9.17, 15) is 9.90 Å². The zero-order chi connectivity index (χ0) is 24.2. The van der Waals surface area contributed by atoms with E-state index in [0.717, 1.165) is 22.6 Å². The molecule has 0 atom stereocenters. The molecular formula is C28H28N4O3. The van der Waals surface area contributed by atoms with Crippen LogP contribution in [0.5, 0.6) is 11.5 Å². The van der Waals surface area contributed by atoms with Crippen molar-refractivity contribution in [3.63, 3.8) is 0 Å². The monoisotopic (exact) mass is 468 g/mol. The SMILES string of the molecule is COc1cccc(-c2nn(Cc3ccccc3)cc2C(=O)N2CCN(c3cccc(O)c3)CC2)c1. The second-order valence-electron chi connectivity index (χ2n) is 8.61. The number of anilines is 1. The lowest BCUT2D eigenvalue weighted by Crippen LogP contribution is -2.48. The Morgan fingerprint density at radius 2 is 1.71 bits per heavy atom. The maximum atomic E-state index is 13.7. The fourth-order valence-corrected chi connectivity index (χ4v) is 4.44. The molecule has 1 N–H and O–H groups in total. The first-order chi connectivity index (χ1) is 17.1. The van der Waals surface area contributed by atoms with E-state index in [1.165, 1.54) is 0 Å². The van der Waals surface area contributed by atoms with Gasteiger partial charge in [-0.15, -0.1) is 0 Å². The van der Waals surface area contributed by atoms with Crippen molar-refractivity contribution in [1.82, 2.24) is 14.7 Å². The van der Waals surface area contributed by atoms with Crippen molar-refractivity contribution >= 4 is 11.6 Å². The summed E-state index contributed by atoms with van der Waals surface area (Å²) in [5.41, 5.74) is 4.16. The quantitative estimate of drug-likeness (QED) is 0.458. The van der Waals surface area contributed by atoms with Crippen LogP contribution >= 0.6 is 0 Å². The molecule has 2 heterocycles. The molecule has 1 fully saturated rings. The Balaban J connectivity index is 1.40. The Kier molecular flexibility index (Phi) is 6.39. The molecule has 5 rings (SSSR count). The second kappa shape index (κ2) is 9.93. The van der Waals surface area contributed by atoms with Crippen molar-refractivity contribution in [3.05, 3.63) is 96.2 Å². The number of aromatic hydroxyl groups is 1. The van der Waals surface area contributed by atoms with Crippen LogP contribution in [0.2, 0.25) is 0 Å². The number of ether oxygens (including phenoxy) is 1. The summed E-state index contributed by atoms with van der Waals surface area (Å²) in [5, 5.41) is 14.6. The Morgan fingerprint density at radius 1 is 0.943 bits per heavy atom. The van der Waals surface area contributed by atoms with Gasteiger partial charge in [-0.05, 0) is 29.8 Å². The van der Waals surface area contributed by atoms with Gasteiger partial charge in [-0.1, -0.05) is 48.5 Å². The van der Waals surface area contributed by atoms with Crippen LogP contribution in [0.3, 0.4) is 0 Å². The molecular weight excluding hydrogens is 440 g/mol. The first-order valence-corrected chi connectivity index (χ1v) is 11.7. The summed E-state index contributed by atoms with van der Waals surface area (Å²) < 4.78 is 7.24. The van der Waals surface area contributed by atoms with Crippen molar-refractivity contribution in [1.29, 1.82) is 0 Å². The predicted molar refractivity (Wildman–Crippen MR) is 136 cm³/mol. The van der Waals surface area contributed by atoms with Crippen LogP contribution in [-0.4, -0.2) is 59.0 Å². The second-order valence-corrected chi connectivity index (χ2v) is 8.61. The van der Waals surface area contributed by atoms with E-state index < -0.39 is 0 Å². The van der Waals surface area contributed by atoms with Crippen molar-refractivity contribution in [3.8, 4) is 22.8 Å². The van der Waals surface area contributed by atoms with Crippen LogP contribution in [0.1, 0.15) is 15.9 Å². The van der Waals surface area contributed by atoms with Gasteiger partial charge in [0.05, 0.1) is 19.2 Å². The molecule has 1 amide bonds. The third kappa shape index (κ3) is 4.99. The molecule has 178 valence electrons. The third-order valence-corrected chi connectivity index (χ3v) is 6.28. The molecule has 7 heteroatoms. The topological polar surface area (TPSA) is 70.8 Å². The number of piperazine rings is 1. The highest BCUT2D eigenvalue weighted by Crippen LogP contribution is 2.28. The number of hydrogen-bond acceptors (Lipinski definition) is 5. The van der Waals surface area contributed by atoms with E-state index in [0.29, 0.717) is 44.0 Å². The number of hydrogen-bond donors (Lipinski definition) is 1. The van der Waals surface area contributed by atoms with Gasteiger partial charge in [0, 0.05) is 49.7 Å². The van der Waals surface area contributed by atoms with Crippen molar-refractivity contribution in [2.24, 2.45) is 0 Å². The molecule has 0 unspecified atom stereocenters. The molecule has 0 radical (unpaired) electrons. The van der Waals surface area contributed by atoms with Gasteiger partial charge in [0.1, 0.15) is 17.2 Å². The lowest BCUT2D eigenvalue weighted by Gasteiger charge is -2.36. The fraction of sp³-hybridized carbons (Fsp3) is 0.214. The minimum atomic E-state index is -0.0299. The summed E-state index contributed by atoms with van der Waals surface area (Å²) >= 11 is 0. The molecule has 0 bridgehead atoms. The Labute approximate surface area is 204 Å². The fourth-order valence-electron chi connectivity index (χ4n) is 4.44. The number of phenols is 1. The summed E-state index contributed by atoms with van der Waals surface area (Å²) in [6.07, 6.45) is 1.85. The number of nitrogens with zero attached hydrogens (tertiary/aromatic N) is 4. The molecule has 3 aromatic carbocycles. The van der Waals surface area contributed by atoms with Gasteiger partial charge in [0.15, 0.2) is 0 Å². The number of amides is 1. The van der Waals surface area contributed by atoms with E-state index in [2.05, 4.69) is 17.0 Å². The standard InChI is InChI=1S/C28H28N4O3/c1-35-25-12-5-9-22(17-25)27-26(20-32(29-27)19-21-7-3-2-4-8-21)28(34)31-15-13-30(14-16-31)23-10-6-11-24(33)18-23/h2-12,17-18,20,33H,13-16,19H2,1H3. The highest BCUT2D eigenvalue weighted by Gasteiger charge is 2.27. The molecule has 1 aliphatic heterocycles. The van der Waals surface area contributed by atoms with Crippen molar-refractivity contribution in [2.45, 2.75) is 6.54 Å². The summed E-state index contributed by atoms with van der Waals surface area (Å²) in [4.78, 5) is 17.8. The predicted octanol–water partition coefficient (Wildman–Crippen LogP) is 4.28. The number of phenolic OH excluding ortho intramolecular Hbond substituents is 1. The van der Waals surface area contributed by atoms with Crippen LogP contribution in [-0.2, 0) is 6.54 Å². The van der Waals surface area contributed by atoms with Gasteiger partial charge in [0.25, 0.3) is 5.91 Å². The Morgan fingerprint density at radius 3 is 2.46 bits per heavy atom. The maximum Gasteiger partial charge on any atom is 0.257 e. The zero-order valence-corrected chi connectivity index (χ0v) is 19.7. The normalized spacial score (nSPS) is 13.6. The number of rotatable bonds is 6. The average molecular weight is 469 g/mol. The first-order valence-electron chi connectivity index (χ1n) is 11.7. The minimum Gasteiger partial charge on any atom is -0.508 e. The van der Waals surface area contributed by atoms with Crippen molar-refractivity contribution in [2.75, 3.05) is 38.2 Å². The largest absolute Gasteiger partial charge is 0.508 e. The van der Waals surface area contributed by atoms with Gasteiger partial charge in [-0.2, -0.15) is 5.10 Å². The van der Waals surface area contributed by atoms with Crippen LogP contribution in [0.15, 0.2) is 85.1 Å². The van der Waals surface area contributed by atoms with Gasteiger partial charge >= 0.3 is 0 Å². The Bertz CT molecular complexity index is 1310. The van der Waals surface area contributed by atoms with E-state index >= 15 is 0 Å². The van der Waals surface area contributed by atoms with E-state index in [4.69, 9.17) is 9.84 Å². The van der Waals surface area contributed by atoms with Crippen LogP contribution < -0.4 is 9.64 Å². The maximum absolute atomic E-state index is 13.7. The molecule has 1 aliphatic rings. The number of methoxy groups -OCH3 is 1. The molecule has 7 nitrogen and oxygen atoms in total. The molecule has 1 saturated heterocycles. The summed E-state index contributed by atoms with van der Waals surface area (Å²) in [6.45, 7) is 3.16. The first kappa shape index (κ1) is 22.5. The van der Waals surface area contributed by atoms with Crippen LogP contribution in [0.4, 0.5) is 5.69 Å². The summed E-state index contributed by atoms with van der Waals surface area (Å²) in [5.74, 6) is 0.936. The van der Waals surface area contributed by atoms with Gasteiger partial charge < -0.3 is 19.6 Å². The van der Waals surface area contributed by atoms with E-state index in [-0.39, 0.29) is 11.7 Å². The molecule has 4 aromatic rings. The smallest absolute Gasteiger partial charge is 0.257 e. The summed E-state index contributed by atoms with van der Waals surface area (Å²) in [7, 11) is 1.63. The molecule has 1 aromatic heterocycles. The number of carbonyl (C=O) groups is 1. The highest BCUT2D eigenvalue weighted by atomic mass is 16.5. The zero-order valence-electron chi connectivity index (χ0n) is 19.7.